The summed E-state index contributed by atoms with van der Waals surface area (Å²) in [5.74, 6) is -0.0707. The van der Waals surface area contributed by atoms with Crippen molar-refractivity contribution in [2.75, 3.05) is 26.2 Å². The average molecular weight is 361 g/mol. The molecule has 3 heterocycles. The van der Waals surface area contributed by atoms with Gasteiger partial charge in [-0.25, -0.2) is 0 Å². The number of hydrogen-bond acceptors (Lipinski definition) is 6. The molecule has 1 aliphatic heterocycles. The molecule has 1 aliphatic rings. The Labute approximate surface area is 147 Å². The maximum atomic E-state index is 12.2. The van der Waals surface area contributed by atoms with Crippen molar-refractivity contribution in [3.63, 3.8) is 0 Å². The molecular weight excluding hydrogens is 346 g/mol. The fourth-order valence-electron chi connectivity index (χ4n) is 2.47. The Morgan fingerprint density at radius 3 is 2.48 bits per heavy atom. The van der Waals surface area contributed by atoms with Crippen molar-refractivity contribution < 1.29 is 18.9 Å². The lowest BCUT2D eigenvalue weighted by molar-refractivity contribution is -0.380. The molecule has 3 rings (SSSR count). The second kappa shape index (κ2) is 7.31. The Balaban J connectivity index is 1.53. The Kier molecular flexibility index (Phi) is 4.94. The molecule has 25 heavy (non-hydrogen) atoms. The molecule has 130 valence electrons. The minimum absolute atomic E-state index is 0.0390. The zero-order chi connectivity index (χ0) is 17.8. The number of rotatable bonds is 4. The fourth-order valence-corrected chi connectivity index (χ4v) is 3.20. The van der Waals surface area contributed by atoms with Crippen LogP contribution >= 0.6 is 11.3 Å². The zero-order valence-electron chi connectivity index (χ0n) is 13.2. The molecule has 2 amide bonds. The molecule has 0 bridgehead atoms. The quantitative estimate of drug-likeness (QED) is 0.473. The van der Waals surface area contributed by atoms with E-state index in [1.54, 1.807) is 34.1 Å². The number of nitrogens with zero attached hydrogens (tertiary/aromatic N) is 3. The van der Waals surface area contributed by atoms with Crippen LogP contribution in [0.2, 0.25) is 0 Å². The van der Waals surface area contributed by atoms with Crippen LogP contribution in [0, 0.1) is 10.1 Å². The van der Waals surface area contributed by atoms with Gasteiger partial charge in [0.1, 0.15) is 0 Å². The van der Waals surface area contributed by atoms with E-state index in [4.69, 9.17) is 4.42 Å². The van der Waals surface area contributed by atoms with Gasteiger partial charge in [-0.15, -0.1) is 0 Å². The van der Waals surface area contributed by atoms with Crippen LogP contribution in [0.1, 0.15) is 15.4 Å². The highest BCUT2D eigenvalue weighted by atomic mass is 32.1. The molecule has 9 heteroatoms. The SMILES string of the molecule is O=C(/C=C/c1ccc([N+](=O)[O-])s1)N1CCN(C(=O)c2ccco2)CC1. The van der Waals surface area contributed by atoms with Crippen molar-refractivity contribution in [2.24, 2.45) is 0 Å². The number of thiophene rings is 1. The molecule has 1 fully saturated rings. The highest BCUT2D eigenvalue weighted by molar-refractivity contribution is 7.16. The van der Waals surface area contributed by atoms with Gasteiger partial charge in [0.2, 0.25) is 5.91 Å². The predicted octanol–water partition coefficient (Wildman–Crippen LogP) is 2.25. The van der Waals surface area contributed by atoms with Crippen LogP contribution in [0.3, 0.4) is 0 Å². The van der Waals surface area contributed by atoms with Crippen LogP contribution in [0.5, 0.6) is 0 Å². The van der Waals surface area contributed by atoms with Crippen molar-refractivity contribution in [3.05, 3.63) is 57.4 Å². The van der Waals surface area contributed by atoms with Crippen LogP contribution in [0.4, 0.5) is 5.00 Å². The molecule has 0 saturated carbocycles. The monoisotopic (exact) mass is 361 g/mol. The summed E-state index contributed by atoms with van der Waals surface area (Å²) in [5, 5.41) is 10.7. The lowest BCUT2D eigenvalue weighted by Crippen LogP contribution is -2.50. The molecule has 0 aliphatic carbocycles. The predicted molar refractivity (Wildman–Crippen MR) is 91.2 cm³/mol. The Hall–Kier alpha value is -2.94. The van der Waals surface area contributed by atoms with E-state index in [0.29, 0.717) is 36.8 Å². The minimum Gasteiger partial charge on any atom is -0.459 e. The van der Waals surface area contributed by atoms with Gasteiger partial charge in [0, 0.05) is 43.2 Å². The molecule has 0 N–H and O–H groups in total. The zero-order valence-corrected chi connectivity index (χ0v) is 14.0. The third-order valence-corrected chi connectivity index (χ3v) is 4.80. The van der Waals surface area contributed by atoms with Crippen LogP contribution in [0.25, 0.3) is 6.08 Å². The molecule has 2 aromatic rings. The second-order valence-electron chi connectivity index (χ2n) is 5.36. The van der Waals surface area contributed by atoms with E-state index in [-0.39, 0.29) is 16.8 Å². The lowest BCUT2D eigenvalue weighted by Gasteiger charge is -2.33. The van der Waals surface area contributed by atoms with E-state index in [9.17, 15) is 19.7 Å². The molecule has 0 unspecified atom stereocenters. The van der Waals surface area contributed by atoms with E-state index in [1.807, 2.05) is 0 Å². The molecular formula is C16H15N3O5S. The van der Waals surface area contributed by atoms with Gasteiger partial charge in [0.25, 0.3) is 5.91 Å². The molecule has 0 radical (unpaired) electrons. The molecule has 0 spiro atoms. The summed E-state index contributed by atoms with van der Waals surface area (Å²) >= 11 is 1.01. The maximum absolute atomic E-state index is 12.2. The number of hydrogen-bond donors (Lipinski definition) is 0. The van der Waals surface area contributed by atoms with Crippen molar-refractivity contribution in [2.45, 2.75) is 0 Å². The number of amides is 2. The number of furan rings is 1. The standard InChI is InChI=1S/C16H15N3O5S/c20-14(5-3-12-4-6-15(25-12)19(22)23)17-7-9-18(10-8-17)16(21)13-2-1-11-24-13/h1-6,11H,7-10H2/b5-3+. The Morgan fingerprint density at radius 2 is 1.88 bits per heavy atom. The third kappa shape index (κ3) is 3.94. The van der Waals surface area contributed by atoms with Crippen LogP contribution in [-0.4, -0.2) is 52.7 Å². The first-order chi connectivity index (χ1) is 12.0. The number of nitro groups is 1. The molecule has 0 atom stereocenters. The molecule has 2 aromatic heterocycles. The van der Waals surface area contributed by atoms with Crippen LogP contribution in [0.15, 0.2) is 41.0 Å². The minimum atomic E-state index is -0.459. The number of piperazine rings is 1. The van der Waals surface area contributed by atoms with E-state index in [1.165, 1.54) is 18.4 Å². The summed E-state index contributed by atoms with van der Waals surface area (Å²) in [4.78, 5) is 38.5. The smallest absolute Gasteiger partial charge is 0.324 e. The van der Waals surface area contributed by atoms with E-state index >= 15 is 0 Å². The highest BCUT2D eigenvalue weighted by Gasteiger charge is 2.25. The Bertz CT molecular complexity index is 804. The average Bonchev–Trinajstić information content (AvgIpc) is 3.31. The molecule has 8 nitrogen and oxygen atoms in total. The molecule has 1 saturated heterocycles. The van der Waals surface area contributed by atoms with Gasteiger partial charge >= 0.3 is 5.00 Å². The number of carbonyl (C=O) groups excluding carboxylic acids is 2. The van der Waals surface area contributed by atoms with Gasteiger partial charge in [-0.2, -0.15) is 0 Å². The third-order valence-electron chi connectivity index (χ3n) is 3.79. The van der Waals surface area contributed by atoms with Crippen molar-refractivity contribution in [1.82, 2.24) is 9.80 Å². The first kappa shape index (κ1) is 16.9. The van der Waals surface area contributed by atoms with Gasteiger partial charge in [-0.3, -0.25) is 19.7 Å². The summed E-state index contributed by atoms with van der Waals surface area (Å²) in [6.45, 7) is 1.73. The van der Waals surface area contributed by atoms with Gasteiger partial charge in [-0.05, 0) is 24.3 Å². The summed E-state index contributed by atoms with van der Waals surface area (Å²) in [6, 6.07) is 6.29. The summed E-state index contributed by atoms with van der Waals surface area (Å²) in [5.41, 5.74) is 0. The lowest BCUT2D eigenvalue weighted by atomic mass is 10.2. The second-order valence-corrected chi connectivity index (χ2v) is 6.46. The van der Waals surface area contributed by atoms with Crippen molar-refractivity contribution in [3.8, 4) is 0 Å². The van der Waals surface area contributed by atoms with Gasteiger partial charge in [0.05, 0.1) is 11.2 Å². The van der Waals surface area contributed by atoms with E-state index in [2.05, 4.69) is 0 Å². The van der Waals surface area contributed by atoms with Gasteiger partial charge in [0.15, 0.2) is 5.76 Å². The van der Waals surface area contributed by atoms with E-state index in [0.717, 1.165) is 11.3 Å². The molecule has 0 aromatic carbocycles. The normalized spacial score (nSPS) is 14.9. The largest absolute Gasteiger partial charge is 0.459 e. The van der Waals surface area contributed by atoms with Crippen LogP contribution < -0.4 is 0 Å². The van der Waals surface area contributed by atoms with Crippen molar-refractivity contribution >= 4 is 34.2 Å². The van der Waals surface area contributed by atoms with Crippen molar-refractivity contribution in [1.29, 1.82) is 0 Å². The van der Waals surface area contributed by atoms with Gasteiger partial charge in [-0.1, -0.05) is 11.3 Å². The number of carbonyl (C=O) groups is 2. The van der Waals surface area contributed by atoms with Gasteiger partial charge < -0.3 is 14.2 Å². The highest BCUT2D eigenvalue weighted by Crippen LogP contribution is 2.24. The first-order valence-electron chi connectivity index (χ1n) is 7.58. The first-order valence-corrected chi connectivity index (χ1v) is 8.40. The summed E-state index contributed by atoms with van der Waals surface area (Å²) in [6.07, 6.45) is 4.42. The van der Waals surface area contributed by atoms with E-state index < -0.39 is 4.92 Å². The van der Waals surface area contributed by atoms with Crippen LogP contribution in [-0.2, 0) is 4.79 Å². The summed E-state index contributed by atoms with van der Waals surface area (Å²) in [7, 11) is 0. The fraction of sp³-hybridized carbons (Fsp3) is 0.250. The maximum Gasteiger partial charge on any atom is 0.324 e. The summed E-state index contributed by atoms with van der Waals surface area (Å²) < 4.78 is 5.10. The topological polar surface area (TPSA) is 96.9 Å². The Morgan fingerprint density at radius 1 is 1.16 bits per heavy atom.